The minimum Gasteiger partial charge on any atom is -0.296 e. The van der Waals surface area contributed by atoms with E-state index in [0.717, 1.165) is 22.0 Å². The fraction of sp³-hybridized carbons (Fsp3) is 0.200. The maximum atomic E-state index is 4.69. The molecule has 0 saturated carbocycles. The predicted molar refractivity (Wildman–Crippen MR) is 90.8 cm³/mol. The lowest BCUT2D eigenvalue weighted by Crippen LogP contribution is -2.35. The number of thiazole rings is 1. The highest BCUT2D eigenvalue weighted by molar-refractivity contribution is 7.15. The van der Waals surface area contributed by atoms with E-state index in [1.54, 1.807) is 17.7 Å². The van der Waals surface area contributed by atoms with Crippen molar-refractivity contribution in [3.63, 3.8) is 0 Å². The van der Waals surface area contributed by atoms with Gasteiger partial charge in [0, 0.05) is 31.2 Å². The van der Waals surface area contributed by atoms with Gasteiger partial charge >= 0.3 is 0 Å². The monoisotopic (exact) mass is 325 g/mol. The summed E-state index contributed by atoms with van der Waals surface area (Å²) in [6, 6.07) is 10.0. The lowest BCUT2D eigenvalue weighted by atomic mass is 10.1. The molecule has 3 heterocycles. The Balaban J connectivity index is 1.76. The molecule has 0 aliphatic carbocycles. The number of hydrazine groups is 1. The molecule has 1 unspecified atom stereocenters. The standard InChI is InChI=1S/C15H15N7S/c1-20-10-16-14(21(20)2)19-18-13-12(11-6-4-3-5-7-11)17-15-22(13)8-9-23-15/h3-10,14H,1-2H3. The van der Waals surface area contributed by atoms with Crippen LogP contribution in [0.5, 0.6) is 0 Å². The second-order valence-electron chi connectivity index (χ2n) is 5.18. The SMILES string of the molecule is CN1C=NC(N=Nc2c(-c3ccccc3)nc3sccn23)N1C. The molecule has 116 valence electrons. The third kappa shape index (κ3) is 2.41. The fourth-order valence-electron chi connectivity index (χ4n) is 2.37. The highest BCUT2D eigenvalue weighted by Crippen LogP contribution is 2.33. The predicted octanol–water partition coefficient (Wildman–Crippen LogP) is 3.25. The molecular weight excluding hydrogens is 310 g/mol. The first-order valence-electron chi connectivity index (χ1n) is 7.15. The molecule has 2 aromatic heterocycles. The Bertz CT molecular complexity index is 880. The summed E-state index contributed by atoms with van der Waals surface area (Å²) in [6.07, 6.45) is 3.35. The molecule has 0 saturated heterocycles. The smallest absolute Gasteiger partial charge is 0.233 e. The summed E-state index contributed by atoms with van der Waals surface area (Å²) in [4.78, 5) is 9.90. The van der Waals surface area contributed by atoms with Crippen molar-refractivity contribution in [2.24, 2.45) is 15.2 Å². The van der Waals surface area contributed by atoms with Crippen LogP contribution in [0.4, 0.5) is 5.82 Å². The summed E-state index contributed by atoms with van der Waals surface area (Å²) in [5, 5.41) is 14.6. The zero-order valence-corrected chi connectivity index (χ0v) is 13.6. The number of imidazole rings is 1. The van der Waals surface area contributed by atoms with Crippen molar-refractivity contribution in [1.82, 2.24) is 19.4 Å². The number of benzene rings is 1. The lowest BCUT2D eigenvalue weighted by Gasteiger charge is -2.20. The lowest BCUT2D eigenvalue weighted by molar-refractivity contribution is 0.0872. The van der Waals surface area contributed by atoms with Crippen LogP contribution in [0.3, 0.4) is 0 Å². The van der Waals surface area contributed by atoms with Crippen LogP contribution in [0.2, 0.25) is 0 Å². The van der Waals surface area contributed by atoms with E-state index in [1.165, 1.54) is 0 Å². The van der Waals surface area contributed by atoms with Crippen molar-refractivity contribution in [2.75, 3.05) is 14.1 Å². The van der Waals surface area contributed by atoms with Gasteiger partial charge in [-0.05, 0) is 0 Å². The Labute approximate surface area is 137 Å². The number of azo groups is 1. The molecule has 7 nitrogen and oxygen atoms in total. The number of fused-ring (bicyclic) bond motifs is 1. The van der Waals surface area contributed by atoms with Crippen LogP contribution in [0.25, 0.3) is 16.2 Å². The second kappa shape index (κ2) is 5.56. The average Bonchev–Trinajstić information content (AvgIpc) is 3.24. The highest BCUT2D eigenvalue weighted by Gasteiger charge is 2.21. The molecule has 1 atom stereocenters. The number of nitrogens with zero attached hydrogens (tertiary/aromatic N) is 7. The first-order valence-corrected chi connectivity index (χ1v) is 8.03. The Kier molecular flexibility index (Phi) is 3.40. The minimum absolute atomic E-state index is 0.340. The summed E-state index contributed by atoms with van der Waals surface area (Å²) in [6.45, 7) is 0. The number of aliphatic imine (C=N–C) groups is 1. The third-order valence-electron chi connectivity index (χ3n) is 3.74. The van der Waals surface area contributed by atoms with Gasteiger partial charge in [-0.3, -0.25) is 9.41 Å². The van der Waals surface area contributed by atoms with Crippen LogP contribution in [-0.2, 0) is 0 Å². The van der Waals surface area contributed by atoms with Gasteiger partial charge in [0.2, 0.25) is 6.29 Å². The van der Waals surface area contributed by atoms with E-state index in [-0.39, 0.29) is 6.29 Å². The van der Waals surface area contributed by atoms with Crippen LogP contribution in [0.15, 0.2) is 57.1 Å². The van der Waals surface area contributed by atoms with Crippen LogP contribution >= 0.6 is 11.3 Å². The number of hydrogen-bond donors (Lipinski definition) is 0. The zero-order valence-electron chi connectivity index (χ0n) is 12.7. The topological polar surface area (TPSA) is 60.9 Å². The van der Waals surface area contributed by atoms with Crippen molar-refractivity contribution in [3.8, 4) is 11.3 Å². The quantitative estimate of drug-likeness (QED) is 0.695. The maximum Gasteiger partial charge on any atom is 0.233 e. The third-order valence-corrected chi connectivity index (χ3v) is 4.50. The second-order valence-corrected chi connectivity index (χ2v) is 6.05. The molecule has 0 fully saturated rings. The average molecular weight is 325 g/mol. The summed E-state index contributed by atoms with van der Waals surface area (Å²) in [7, 11) is 3.84. The van der Waals surface area contributed by atoms with Gasteiger partial charge in [0.1, 0.15) is 12.0 Å². The van der Waals surface area contributed by atoms with E-state index in [2.05, 4.69) is 20.2 Å². The maximum absolute atomic E-state index is 4.69. The summed E-state index contributed by atoms with van der Waals surface area (Å²) in [5.41, 5.74) is 1.86. The fourth-order valence-corrected chi connectivity index (χ4v) is 3.08. The summed E-state index contributed by atoms with van der Waals surface area (Å²) in [5.74, 6) is 0.727. The van der Waals surface area contributed by atoms with Gasteiger partial charge < -0.3 is 0 Å². The largest absolute Gasteiger partial charge is 0.296 e. The molecule has 1 aliphatic heterocycles. The highest BCUT2D eigenvalue weighted by atomic mass is 32.1. The van der Waals surface area contributed by atoms with E-state index < -0.39 is 0 Å². The van der Waals surface area contributed by atoms with Gasteiger partial charge in [-0.25, -0.2) is 9.98 Å². The van der Waals surface area contributed by atoms with Crippen LogP contribution < -0.4 is 0 Å². The van der Waals surface area contributed by atoms with Gasteiger partial charge in [0.15, 0.2) is 10.8 Å². The molecule has 8 heteroatoms. The van der Waals surface area contributed by atoms with E-state index >= 15 is 0 Å². The Morgan fingerprint density at radius 2 is 2.00 bits per heavy atom. The molecule has 1 aliphatic rings. The Morgan fingerprint density at radius 3 is 2.74 bits per heavy atom. The van der Waals surface area contributed by atoms with Gasteiger partial charge in [0.25, 0.3) is 0 Å². The first kappa shape index (κ1) is 14.0. The summed E-state index contributed by atoms with van der Waals surface area (Å²) < 4.78 is 1.96. The molecule has 0 amide bonds. The number of hydrogen-bond acceptors (Lipinski definition) is 7. The molecule has 0 bridgehead atoms. The van der Waals surface area contributed by atoms with E-state index in [1.807, 2.05) is 70.4 Å². The van der Waals surface area contributed by atoms with Gasteiger partial charge in [0.05, 0.1) is 0 Å². The van der Waals surface area contributed by atoms with Crippen LogP contribution in [0, 0.1) is 0 Å². The molecule has 23 heavy (non-hydrogen) atoms. The van der Waals surface area contributed by atoms with E-state index in [4.69, 9.17) is 0 Å². The van der Waals surface area contributed by atoms with Crippen LogP contribution in [-0.4, -0.2) is 46.1 Å². The van der Waals surface area contributed by atoms with Crippen LogP contribution in [0.1, 0.15) is 0 Å². The van der Waals surface area contributed by atoms with E-state index in [0.29, 0.717) is 0 Å². The Morgan fingerprint density at radius 1 is 1.17 bits per heavy atom. The van der Waals surface area contributed by atoms with E-state index in [9.17, 15) is 0 Å². The molecule has 4 rings (SSSR count). The van der Waals surface area contributed by atoms with Crippen molar-refractivity contribution in [2.45, 2.75) is 6.29 Å². The number of rotatable bonds is 3. The minimum atomic E-state index is -0.340. The molecule has 0 spiro atoms. The molecule has 0 N–H and O–H groups in total. The normalized spacial score (nSPS) is 18.7. The summed E-state index contributed by atoms with van der Waals surface area (Å²) >= 11 is 1.58. The van der Waals surface area contributed by atoms with Gasteiger partial charge in [-0.1, -0.05) is 30.3 Å². The van der Waals surface area contributed by atoms with Gasteiger partial charge in [-0.15, -0.1) is 21.6 Å². The van der Waals surface area contributed by atoms with Crippen molar-refractivity contribution < 1.29 is 0 Å². The zero-order chi connectivity index (χ0) is 15.8. The van der Waals surface area contributed by atoms with Crippen molar-refractivity contribution in [3.05, 3.63) is 41.9 Å². The van der Waals surface area contributed by atoms with Crippen molar-refractivity contribution in [1.29, 1.82) is 0 Å². The number of aromatic nitrogens is 2. The first-order chi connectivity index (χ1) is 11.2. The molecule has 0 radical (unpaired) electrons. The molecular formula is C15H15N7S. The van der Waals surface area contributed by atoms with Crippen molar-refractivity contribution >= 4 is 28.5 Å². The molecule has 1 aromatic carbocycles. The Hall–Kier alpha value is -2.58. The molecule has 3 aromatic rings. The van der Waals surface area contributed by atoms with Gasteiger partial charge in [-0.2, -0.15) is 5.01 Å².